The predicted octanol–water partition coefficient (Wildman–Crippen LogP) is 0.439. The Morgan fingerprint density at radius 2 is 2.08 bits per heavy atom. The summed E-state index contributed by atoms with van der Waals surface area (Å²) in [6.07, 6.45) is 0. The fourth-order valence-electron chi connectivity index (χ4n) is 0.773. The molecule has 0 fully saturated rings. The molecule has 4 nitrogen and oxygen atoms in total. The monoisotopic (exact) mass is 205 g/mol. The Balaban J connectivity index is 3.27. The van der Waals surface area contributed by atoms with Crippen molar-refractivity contribution in [2.45, 2.75) is 4.90 Å². The van der Waals surface area contributed by atoms with Gasteiger partial charge in [0.05, 0.1) is 4.90 Å². The minimum absolute atomic E-state index is 0.217. The summed E-state index contributed by atoms with van der Waals surface area (Å²) in [5, 5.41) is 8.79. The van der Waals surface area contributed by atoms with Gasteiger partial charge in [-0.2, -0.15) is 0 Å². The number of halogens is 1. The molecule has 0 bridgehead atoms. The molecule has 0 unspecified atom stereocenters. The summed E-state index contributed by atoms with van der Waals surface area (Å²) in [7, 11) is -2.42. The van der Waals surface area contributed by atoms with Gasteiger partial charge in [-0.1, -0.05) is 0 Å². The first-order valence-corrected chi connectivity index (χ1v) is 4.88. The summed E-state index contributed by atoms with van der Waals surface area (Å²) in [4.78, 5) is -0.217. The number of phenols is 1. The Morgan fingerprint density at radius 3 is 2.54 bits per heavy atom. The SMILES string of the molecule is CNS(=O)(=O)c1ccc(O)c(F)c1. The van der Waals surface area contributed by atoms with Gasteiger partial charge in [-0.15, -0.1) is 0 Å². The Kier molecular flexibility index (Phi) is 2.53. The third-order valence-corrected chi connectivity index (χ3v) is 2.91. The lowest BCUT2D eigenvalue weighted by Gasteiger charge is -2.02. The van der Waals surface area contributed by atoms with E-state index in [0.29, 0.717) is 0 Å². The van der Waals surface area contributed by atoms with E-state index in [1.807, 2.05) is 4.72 Å². The second-order valence-corrected chi connectivity index (χ2v) is 4.21. The van der Waals surface area contributed by atoms with Gasteiger partial charge in [0.1, 0.15) is 0 Å². The van der Waals surface area contributed by atoms with Crippen LogP contribution >= 0.6 is 0 Å². The number of rotatable bonds is 2. The number of aromatic hydroxyl groups is 1. The summed E-state index contributed by atoms with van der Waals surface area (Å²) >= 11 is 0. The molecule has 0 radical (unpaired) electrons. The Bertz CT molecular complexity index is 416. The van der Waals surface area contributed by atoms with Crippen LogP contribution in [0.4, 0.5) is 4.39 Å². The molecular formula is C7H8FNO3S. The van der Waals surface area contributed by atoms with Crippen molar-refractivity contribution in [2.24, 2.45) is 0 Å². The van der Waals surface area contributed by atoms with Crippen molar-refractivity contribution in [1.29, 1.82) is 0 Å². The minimum atomic E-state index is -3.64. The topological polar surface area (TPSA) is 66.4 Å². The van der Waals surface area contributed by atoms with Gasteiger partial charge in [-0.05, 0) is 25.2 Å². The van der Waals surface area contributed by atoms with Crippen molar-refractivity contribution < 1.29 is 17.9 Å². The van der Waals surface area contributed by atoms with Crippen molar-refractivity contribution >= 4 is 10.0 Å². The van der Waals surface area contributed by atoms with Gasteiger partial charge in [-0.25, -0.2) is 17.5 Å². The van der Waals surface area contributed by atoms with Gasteiger partial charge in [0, 0.05) is 0 Å². The molecule has 72 valence electrons. The average Bonchev–Trinajstić information content (AvgIpc) is 2.09. The second-order valence-electron chi connectivity index (χ2n) is 2.32. The number of benzene rings is 1. The van der Waals surface area contributed by atoms with Gasteiger partial charge in [0.2, 0.25) is 10.0 Å². The first kappa shape index (κ1) is 9.94. The van der Waals surface area contributed by atoms with Crippen molar-refractivity contribution in [3.8, 4) is 5.75 Å². The third kappa shape index (κ3) is 1.96. The van der Waals surface area contributed by atoms with Crippen LogP contribution in [0.3, 0.4) is 0 Å². The molecule has 0 heterocycles. The highest BCUT2D eigenvalue weighted by Gasteiger charge is 2.13. The molecule has 0 saturated carbocycles. The molecule has 1 aromatic rings. The molecule has 13 heavy (non-hydrogen) atoms. The molecule has 0 amide bonds. The number of hydrogen-bond donors (Lipinski definition) is 2. The van der Waals surface area contributed by atoms with Crippen LogP contribution in [0.15, 0.2) is 23.1 Å². The first-order valence-electron chi connectivity index (χ1n) is 3.39. The van der Waals surface area contributed by atoms with E-state index in [1.54, 1.807) is 0 Å². The largest absolute Gasteiger partial charge is 0.505 e. The lowest BCUT2D eigenvalue weighted by atomic mass is 10.3. The standard InChI is InChI=1S/C7H8FNO3S/c1-9-13(11,12)5-2-3-7(10)6(8)4-5/h2-4,9-10H,1H3. The van der Waals surface area contributed by atoms with E-state index in [1.165, 1.54) is 7.05 Å². The van der Waals surface area contributed by atoms with E-state index < -0.39 is 21.6 Å². The summed E-state index contributed by atoms with van der Waals surface area (Å²) in [5.41, 5.74) is 0. The lowest BCUT2D eigenvalue weighted by molar-refractivity contribution is 0.431. The highest BCUT2D eigenvalue weighted by atomic mass is 32.2. The van der Waals surface area contributed by atoms with E-state index in [0.717, 1.165) is 18.2 Å². The summed E-state index contributed by atoms with van der Waals surface area (Å²) in [5.74, 6) is -1.54. The molecule has 0 atom stereocenters. The van der Waals surface area contributed by atoms with Gasteiger partial charge in [-0.3, -0.25) is 0 Å². The van der Waals surface area contributed by atoms with Crippen LogP contribution in [0, 0.1) is 5.82 Å². The number of nitrogens with one attached hydrogen (secondary N) is 1. The predicted molar refractivity (Wildman–Crippen MR) is 44.3 cm³/mol. The van der Waals surface area contributed by atoms with Gasteiger partial charge < -0.3 is 5.11 Å². The minimum Gasteiger partial charge on any atom is -0.505 e. The lowest BCUT2D eigenvalue weighted by Crippen LogP contribution is -2.18. The average molecular weight is 205 g/mol. The third-order valence-electron chi connectivity index (χ3n) is 1.50. The molecule has 0 aliphatic carbocycles. The van der Waals surface area contributed by atoms with Crippen LogP contribution in [0.25, 0.3) is 0 Å². The maximum absolute atomic E-state index is 12.7. The van der Waals surface area contributed by atoms with Crippen LogP contribution in [0.1, 0.15) is 0 Å². The fraction of sp³-hybridized carbons (Fsp3) is 0.143. The zero-order valence-corrected chi connectivity index (χ0v) is 7.60. The van der Waals surface area contributed by atoms with Gasteiger partial charge in [0.15, 0.2) is 11.6 Å². The molecule has 1 aromatic carbocycles. The quantitative estimate of drug-likeness (QED) is 0.736. The van der Waals surface area contributed by atoms with Crippen molar-refractivity contribution in [3.05, 3.63) is 24.0 Å². The van der Waals surface area contributed by atoms with Crippen LogP contribution in [0.2, 0.25) is 0 Å². The van der Waals surface area contributed by atoms with Crippen LogP contribution in [-0.2, 0) is 10.0 Å². The summed E-state index contributed by atoms with van der Waals surface area (Å²) in [6, 6.07) is 2.85. The van der Waals surface area contributed by atoms with Gasteiger partial charge >= 0.3 is 0 Å². The molecule has 0 spiro atoms. The van der Waals surface area contributed by atoms with Crippen LogP contribution in [-0.4, -0.2) is 20.6 Å². The number of hydrogen-bond acceptors (Lipinski definition) is 3. The molecular weight excluding hydrogens is 197 g/mol. The van der Waals surface area contributed by atoms with Crippen molar-refractivity contribution in [1.82, 2.24) is 4.72 Å². The second kappa shape index (κ2) is 3.31. The Labute approximate surface area is 75.1 Å². The smallest absolute Gasteiger partial charge is 0.240 e. The fourth-order valence-corrected chi connectivity index (χ4v) is 1.51. The molecule has 0 aromatic heterocycles. The maximum Gasteiger partial charge on any atom is 0.240 e. The van der Waals surface area contributed by atoms with Crippen LogP contribution < -0.4 is 4.72 Å². The molecule has 0 saturated heterocycles. The molecule has 0 aliphatic heterocycles. The molecule has 2 N–H and O–H groups in total. The van der Waals surface area contributed by atoms with Gasteiger partial charge in [0.25, 0.3) is 0 Å². The summed E-state index contributed by atoms with van der Waals surface area (Å²) in [6.45, 7) is 0. The normalized spacial score (nSPS) is 11.5. The molecule has 0 aliphatic rings. The highest BCUT2D eigenvalue weighted by molar-refractivity contribution is 7.89. The van der Waals surface area contributed by atoms with E-state index >= 15 is 0 Å². The van der Waals surface area contributed by atoms with E-state index in [2.05, 4.69) is 0 Å². The number of phenolic OH excluding ortho intramolecular Hbond substituents is 1. The Morgan fingerprint density at radius 1 is 1.46 bits per heavy atom. The van der Waals surface area contributed by atoms with Crippen LogP contribution in [0.5, 0.6) is 5.75 Å². The molecule has 6 heteroatoms. The van der Waals surface area contributed by atoms with E-state index in [-0.39, 0.29) is 4.90 Å². The van der Waals surface area contributed by atoms with Crippen molar-refractivity contribution in [3.63, 3.8) is 0 Å². The maximum atomic E-state index is 12.7. The Hall–Kier alpha value is -1.14. The first-order chi connectivity index (χ1) is 5.97. The number of sulfonamides is 1. The van der Waals surface area contributed by atoms with E-state index in [4.69, 9.17) is 5.11 Å². The highest BCUT2D eigenvalue weighted by Crippen LogP contribution is 2.18. The zero-order chi connectivity index (χ0) is 10.1. The molecule has 1 rings (SSSR count). The zero-order valence-electron chi connectivity index (χ0n) is 6.78. The summed E-state index contributed by atoms with van der Waals surface area (Å²) < 4.78 is 36.9. The van der Waals surface area contributed by atoms with Crippen molar-refractivity contribution in [2.75, 3.05) is 7.05 Å². The van der Waals surface area contributed by atoms with E-state index in [9.17, 15) is 12.8 Å².